The topological polar surface area (TPSA) is 70.3 Å². The summed E-state index contributed by atoms with van der Waals surface area (Å²) in [5.74, 6) is 6.98. The monoisotopic (exact) mass is 328 g/mol. The highest BCUT2D eigenvalue weighted by molar-refractivity contribution is 9.10. The van der Waals surface area contributed by atoms with E-state index in [9.17, 15) is 0 Å². The van der Waals surface area contributed by atoms with Crippen LogP contribution in [-0.4, -0.2) is 47.1 Å². The van der Waals surface area contributed by atoms with Crippen molar-refractivity contribution in [2.75, 3.05) is 36.5 Å². The Kier molecular flexibility index (Phi) is 4.95. The third-order valence-electron chi connectivity index (χ3n) is 3.70. The molecule has 0 spiro atoms. The van der Waals surface area contributed by atoms with Crippen LogP contribution >= 0.6 is 15.9 Å². The zero-order valence-corrected chi connectivity index (χ0v) is 13.0. The predicted octanol–water partition coefficient (Wildman–Crippen LogP) is 1.45. The molecule has 1 fully saturated rings. The molecule has 19 heavy (non-hydrogen) atoms. The second kappa shape index (κ2) is 6.49. The predicted molar refractivity (Wildman–Crippen MR) is 81.1 cm³/mol. The molecule has 1 unspecified atom stereocenters. The van der Waals surface area contributed by atoms with Crippen molar-refractivity contribution in [2.45, 2.75) is 26.3 Å². The van der Waals surface area contributed by atoms with Crippen molar-refractivity contribution in [3.8, 4) is 0 Å². The number of anilines is 2. The summed E-state index contributed by atoms with van der Waals surface area (Å²) in [5.41, 5.74) is 2.58. The number of aromatic nitrogens is 2. The van der Waals surface area contributed by atoms with Gasteiger partial charge in [-0.1, -0.05) is 13.8 Å². The molecule has 106 valence electrons. The van der Waals surface area contributed by atoms with Crippen LogP contribution in [0.25, 0.3) is 0 Å². The van der Waals surface area contributed by atoms with Gasteiger partial charge in [0.15, 0.2) is 5.82 Å². The maximum absolute atomic E-state index is 5.44. The van der Waals surface area contributed by atoms with Gasteiger partial charge in [-0.2, -0.15) is 0 Å². The van der Waals surface area contributed by atoms with Crippen LogP contribution in [0.2, 0.25) is 0 Å². The molecule has 6 nitrogen and oxygen atoms in total. The average Bonchev–Trinajstić information content (AvgIpc) is 2.90. The first-order valence-corrected chi connectivity index (χ1v) is 7.46. The molecule has 7 heteroatoms. The quantitative estimate of drug-likeness (QED) is 0.629. The molecule has 1 aliphatic rings. The van der Waals surface area contributed by atoms with Gasteiger partial charge in [0.05, 0.1) is 0 Å². The summed E-state index contributed by atoms with van der Waals surface area (Å²) >= 11 is 3.52. The summed E-state index contributed by atoms with van der Waals surface area (Å²) in [4.78, 5) is 13.2. The van der Waals surface area contributed by atoms with Crippen LogP contribution in [0.3, 0.4) is 0 Å². The lowest BCUT2D eigenvalue weighted by Crippen LogP contribution is -2.37. The Morgan fingerprint density at radius 1 is 1.47 bits per heavy atom. The Balaban J connectivity index is 2.13. The van der Waals surface area contributed by atoms with Crippen LogP contribution in [0.15, 0.2) is 10.8 Å². The summed E-state index contributed by atoms with van der Waals surface area (Å²) in [6.07, 6.45) is 2.71. The normalized spacial score (nSPS) is 19.2. The molecule has 0 bridgehead atoms. The Labute approximate surface area is 122 Å². The van der Waals surface area contributed by atoms with E-state index in [0.717, 1.165) is 36.5 Å². The van der Waals surface area contributed by atoms with E-state index in [2.05, 4.69) is 55.0 Å². The van der Waals surface area contributed by atoms with Gasteiger partial charge in [0, 0.05) is 19.1 Å². The van der Waals surface area contributed by atoms with Gasteiger partial charge in [-0.15, -0.1) is 0 Å². The van der Waals surface area contributed by atoms with E-state index in [4.69, 9.17) is 5.84 Å². The third kappa shape index (κ3) is 2.98. The van der Waals surface area contributed by atoms with Crippen LogP contribution < -0.4 is 16.2 Å². The van der Waals surface area contributed by atoms with E-state index in [-0.39, 0.29) is 0 Å². The van der Waals surface area contributed by atoms with Crippen molar-refractivity contribution < 1.29 is 0 Å². The maximum atomic E-state index is 5.44. The van der Waals surface area contributed by atoms with E-state index in [1.54, 1.807) is 6.33 Å². The Hall–Kier alpha value is -0.920. The van der Waals surface area contributed by atoms with Crippen LogP contribution in [0.1, 0.15) is 20.3 Å². The van der Waals surface area contributed by atoms with Gasteiger partial charge in [0.2, 0.25) is 0 Å². The molecule has 0 amide bonds. The number of nitrogens with one attached hydrogen (secondary N) is 1. The minimum atomic E-state index is 0.603. The SMILES string of the molecule is CCN(CC)C1CCN(c2ncnc(NN)c2Br)C1. The zero-order valence-electron chi connectivity index (χ0n) is 11.4. The first-order valence-electron chi connectivity index (χ1n) is 6.67. The number of likely N-dealkylation sites (N-methyl/N-ethyl adjacent to an activating group) is 1. The molecular weight excluding hydrogens is 308 g/mol. The summed E-state index contributed by atoms with van der Waals surface area (Å²) in [7, 11) is 0. The maximum Gasteiger partial charge on any atom is 0.159 e. The number of halogens is 1. The van der Waals surface area contributed by atoms with Crippen LogP contribution in [0.5, 0.6) is 0 Å². The second-order valence-electron chi connectivity index (χ2n) is 4.61. The molecule has 0 radical (unpaired) electrons. The van der Waals surface area contributed by atoms with Gasteiger partial charge in [0.1, 0.15) is 16.6 Å². The Morgan fingerprint density at radius 2 is 2.21 bits per heavy atom. The lowest BCUT2D eigenvalue weighted by atomic mass is 10.2. The third-order valence-corrected chi connectivity index (χ3v) is 4.43. The van der Waals surface area contributed by atoms with Gasteiger partial charge < -0.3 is 10.3 Å². The highest BCUT2D eigenvalue weighted by atomic mass is 79.9. The molecule has 2 rings (SSSR count). The van der Waals surface area contributed by atoms with E-state index in [1.807, 2.05) is 0 Å². The molecule has 0 saturated carbocycles. The van der Waals surface area contributed by atoms with Gasteiger partial charge in [0.25, 0.3) is 0 Å². The number of nitrogen functional groups attached to an aromatic ring is 1. The molecule has 1 saturated heterocycles. The van der Waals surface area contributed by atoms with Gasteiger partial charge >= 0.3 is 0 Å². The smallest absolute Gasteiger partial charge is 0.159 e. The van der Waals surface area contributed by atoms with Crippen molar-refractivity contribution in [3.05, 3.63) is 10.8 Å². The van der Waals surface area contributed by atoms with E-state index < -0.39 is 0 Å². The summed E-state index contributed by atoms with van der Waals surface area (Å²) < 4.78 is 0.831. The fraction of sp³-hybridized carbons (Fsp3) is 0.667. The minimum absolute atomic E-state index is 0.603. The van der Waals surface area contributed by atoms with Crippen molar-refractivity contribution in [1.82, 2.24) is 14.9 Å². The highest BCUT2D eigenvalue weighted by Gasteiger charge is 2.28. The fourth-order valence-electron chi connectivity index (χ4n) is 2.65. The summed E-state index contributed by atoms with van der Waals surface area (Å²) in [5, 5.41) is 0. The summed E-state index contributed by atoms with van der Waals surface area (Å²) in [6.45, 7) is 8.62. The van der Waals surface area contributed by atoms with Gasteiger partial charge in [-0.25, -0.2) is 15.8 Å². The minimum Gasteiger partial charge on any atom is -0.354 e. The Bertz CT molecular complexity index is 423. The van der Waals surface area contributed by atoms with E-state index >= 15 is 0 Å². The standard InChI is InChI=1S/C12H21BrN6/c1-3-18(4-2)9-5-6-19(7-9)12-10(13)11(17-14)15-8-16-12/h8-9H,3-7,14H2,1-2H3,(H,15,16,17). The van der Waals surface area contributed by atoms with Crippen molar-refractivity contribution >= 4 is 27.6 Å². The molecule has 0 aliphatic carbocycles. The lowest BCUT2D eigenvalue weighted by molar-refractivity contribution is 0.232. The molecule has 1 aromatic rings. The fourth-order valence-corrected chi connectivity index (χ4v) is 3.22. The van der Waals surface area contributed by atoms with Crippen molar-refractivity contribution in [1.29, 1.82) is 0 Å². The first-order chi connectivity index (χ1) is 9.21. The number of hydrogen-bond donors (Lipinski definition) is 2. The van der Waals surface area contributed by atoms with Gasteiger partial charge in [-0.05, 0) is 35.4 Å². The van der Waals surface area contributed by atoms with Crippen LogP contribution in [-0.2, 0) is 0 Å². The molecule has 3 N–H and O–H groups in total. The summed E-state index contributed by atoms with van der Waals surface area (Å²) in [6, 6.07) is 0.603. The Morgan fingerprint density at radius 3 is 2.84 bits per heavy atom. The number of nitrogens with zero attached hydrogens (tertiary/aromatic N) is 4. The molecule has 1 atom stereocenters. The first kappa shape index (κ1) is 14.5. The molecular formula is C12H21BrN6. The van der Waals surface area contributed by atoms with E-state index in [1.165, 1.54) is 6.42 Å². The average molecular weight is 329 g/mol. The molecule has 0 aromatic carbocycles. The molecule has 1 aromatic heterocycles. The number of hydrogen-bond acceptors (Lipinski definition) is 6. The number of hydrazine groups is 1. The molecule has 2 heterocycles. The number of nitrogens with two attached hydrogens (primary N) is 1. The molecule has 1 aliphatic heterocycles. The zero-order chi connectivity index (χ0) is 13.8. The van der Waals surface area contributed by atoms with Gasteiger partial charge in [-0.3, -0.25) is 4.90 Å². The largest absolute Gasteiger partial charge is 0.354 e. The highest BCUT2D eigenvalue weighted by Crippen LogP contribution is 2.31. The van der Waals surface area contributed by atoms with Crippen molar-refractivity contribution in [2.24, 2.45) is 5.84 Å². The number of rotatable bonds is 5. The lowest BCUT2D eigenvalue weighted by Gasteiger charge is -2.26. The van der Waals surface area contributed by atoms with E-state index in [0.29, 0.717) is 11.9 Å². The van der Waals surface area contributed by atoms with Crippen LogP contribution in [0.4, 0.5) is 11.6 Å². The van der Waals surface area contributed by atoms with Crippen LogP contribution in [0, 0.1) is 0 Å². The second-order valence-corrected chi connectivity index (χ2v) is 5.41. The van der Waals surface area contributed by atoms with Crippen molar-refractivity contribution in [3.63, 3.8) is 0 Å².